The van der Waals surface area contributed by atoms with Gasteiger partial charge in [-0.2, -0.15) is 0 Å². The first-order chi connectivity index (χ1) is 10.6. The minimum Gasteiger partial charge on any atom is -0.384 e. The SMILES string of the molecule is CCC/C=C(\C(=O)c1ccccc1)C(O)c1ccc(Cl)cc1. The molecule has 0 aliphatic rings. The highest BCUT2D eigenvalue weighted by atomic mass is 35.5. The average molecular weight is 315 g/mol. The maximum atomic E-state index is 12.7. The molecule has 0 radical (unpaired) electrons. The van der Waals surface area contributed by atoms with E-state index < -0.39 is 6.10 Å². The third kappa shape index (κ3) is 4.06. The lowest BCUT2D eigenvalue weighted by Crippen LogP contribution is -2.12. The molecule has 2 nitrogen and oxygen atoms in total. The fraction of sp³-hybridized carbons (Fsp3) is 0.211. The zero-order valence-corrected chi connectivity index (χ0v) is 13.3. The summed E-state index contributed by atoms with van der Waals surface area (Å²) in [5, 5.41) is 11.2. The molecule has 1 N–H and O–H groups in total. The van der Waals surface area contributed by atoms with Crippen molar-refractivity contribution in [2.45, 2.75) is 25.9 Å². The van der Waals surface area contributed by atoms with Crippen LogP contribution in [-0.2, 0) is 0 Å². The Hall–Kier alpha value is -1.90. The first-order valence-electron chi connectivity index (χ1n) is 7.36. The fourth-order valence-corrected chi connectivity index (χ4v) is 2.34. The maximum Gasteiger partial charge on any atom is 0.191 e. The molecule has 2 aromatic carbocycles. The molecule has 22 heavy (non-hydrogen) atoms. The van der Waals surface area contributed by atoms with E-state index in [-0.39, 0.29) is 5.78 Å². The monoisotopic (exact) mass is 314 g/mol. The Morgan fingerprint density at radius 2 is 1.77 bits per heavy atom. The molecule has 0 aromatic heterocycles. The van der Waals surface area contributed by atoms with Crippen molar-refractivity contribution in [2.75, 3.05) is 0 Å². The van der Waals surface area contributed by atoms with Gasteiger partial charge in [0, 0.05) is 16.2 Å². The Bertz CT molecular complexity index is 645. The summed E-state index contributed by atoms with van der Waals surface area (Å²) < 4.78 is 0. The van der Waals surface area contributed by atoms with E-state index in [9.17, 15) is 9.90 Å². The molecule has 0 aliphatic carbocycles. The van der Waals surface area contributed by atoms with E-state index in [0.29, 0.717) is 21.7 Å². The number of carbonyl (C=O) groups is 1. The standard InChI is InChI=1S/C19H19ClO2/c1-2-3-9-17(18(21)14-7-5-4-6-8-14)19(22)15-10-12-16(20)13-11-15/h4-13,19,22H,2-3H2,1H3/b17-9+. The third-order valence-electron chi connectivity index (χ3n) is 3.43. The normalized spacial score (nSPS) is 13.0. The van der Waals surface area contributed by atoms with Crippen molar-refractivity contribution >= 4 is 17.4 Å². The predicted molar refractivity (Wildman–Crippen MR) is 90.2 cm³/mol. The van der Waals surface area contributed by atoms with Crippen molar-refractivity contribution in [3.63, 3.8) is 0 Å². The number of hydrogen-bond donors (Lipinski definition) is 1. The summed E-state index contributed by atoms with van der Waals surface area (Å²) >= 11 is 5.87. The van der Waals surface area contributed by atoms with Crippen LogP contribution in [0.25, 0.3) is 0 Å². The van der Waals surface area contributed by atoms with E-state index in [2.05, 4.69) is 0 Å². The van der Waals surface area contributed by atoms with Crippen LogP contribution in [0.1, 0.15) is 41.8 Å². The number of rotatable bonds is 6. The lowest BCUT2D eigenvalue weighted by atomic mass is 9.93. The van der Waals surface area contributed by atoms with Crippen molar-refractivity contribution in [2.24, 2.45) is 0 Å². The first-order valence-corrected chi connectivity index (χ1v) is 7.74. The van der Waals surface area contributed by atoms with Crippen LogP contribution >= 0.6 is 11.6 Å². The number of allylic oxidation sites excluding steroid dienone is 1. The van der Waals surface area contributed by atoms with E-state index in [1.807, 2.05) is 31.2 Å². The van der Waals surface area contributed by atoms with Crippen LogP contribution in [0, 0.1) is 0 Å². The molecule has 0 spiro atoms. The summed E-state index contributed by atoms with van der Waals surface area (Å²) in [7, 11) is 0. The van der Waals surface area contributed by atoms with Gasteiger partial charge < -0.3 is 5.11 Å². The van der Waals surface area contributed by atoms with E-state index in [0.717, 1.165) is 12.8 Å². The summed E-state index contributed by atoms with van der Waals surface area (Å²) in [6.45, 7) is 2.04. The lowest BCUT2D eigenvalue weighted by Gasteiger charge is -2.15. The molecule has 3 heteroatoms. The summed E-state index contributed by atoms with van der Waals surface area (Å²) in [5.74, 6) is -0.142. The molecule has 2 aromatic rings. The van der Waals surface area contributed by atoms with Crippen LogP contribution in [0.4, 0.5) is 0 Å². The van der Waals surface area contributed by atoms with Crippen molar-refractivity contribution in [1.82, 2.24) is 0 Å². The number of Topliss-reactive ketones (excluding diaryl/α,β-unsaturated/α-hetero) is 1. The van der Waals surface area contributed by atoms with Gasteiger partial charge in [0.1, 0.15) is 6.10 Å². The number of unbranched alkanes of at least 4 members (excludes halogenated alkanes) is 1. The summed E-state index contributed by atoms with van der Waals surface area (Å²) in [5.41, 5.74) is 1.66. The van der Waals surface area contributed by atoms with Gasteiger partial charge in [-0.3, -0.25) is 4.79 Å². The molecule has 0 amide bonds. The molecular formula is C19H19ClO2. The fourth-order valence-electron chi connectivity index (χ4n) is 2.21. The van der Waals surface area contributed by atoms with Gasteiger partial charge in [-0.05, 0) is 24.1 Å². The zero-order chi connectivity index (χ0) is 15.9. The molecule has 0 fully saturated rings. The van der Waals surface area contributed by atoms with Gasteiger partial charge in [0.15, 0.2) is 5.78 Å². The number of benzene rings is 2. The minimum atomic E-state index is -0.948. The van der Waals surface area contributed by atoms with Gasteiger partial charge in [-0.15, -0.1) is 0 Å². The summed E-state index contributed by atoms with van der Waals surface area (Å²) in [4.78, 5) is 12.7. The molecular weight excluding hydrogens is 296 g/mol. The molecule has 114 valence electrons. The van der Waals surface area contributed by atoms with Gasteiger partial charge in [-0.25, -0.2) is 0 Å². The number of aliphatic hydroxyl groups excluding tert-OH is 1. The first kappa shape index (κ1) is 16.5. The quantitative estimate of drug-likeness (QED) is 0.603. The maximum absolute atomic E-state index is 12.7. The Labute approximate surface area is 136 Å². The van der Waals surface area contributed by atoms with E-state index in [4.69, 9.17) is 11.6 Å². The number of ketones is 1. The Morgan fingerprint density at radius 1 is 1.14 bits per heavy atom. The number of halogens is 1. The highest BCUT2D eigenvalue weighted by Gasteiger charge is 2.21. The Morgan fingerprint density at radius 3 is 2.36 bits per heavy atom. The van der Waals surface area contributed by atoms with E-state index >= 15 is 0 Å². The van der Waals surface area contributed by atoms with Gasteiger partial charge in [-0.1, -0.05) is 73.5 Å². The Balaban J connectivity index is 2.34. The highest BCUT2D eigenvalue weighted by molar-refractivity contribution is 6.30. The van der Waals surface area contributed by atoms with Gasteiger partial charge in [0.2, 0.25) is 0 Å². The lowest BCUT2D eigenvalue weighted by molar-refractivity contribution is 0.0986. The average Bonchev–Trinajstić information content (AvgIpc) is 2.56. The van der Waals surface area contributed by atoms with Crippen LogP contribution in [0.15, 0.2) is 66.2 Å². The smallest absolute Gasteiger partial charge is 0.191 e. The predicted octanol–water partition coefficient (Wildman–Crippen LogP) is 4.98. The molecule has 0 saturated heterocycles. The number of aliphatic hydroxyl groups is 1. The van der Waals surface area contributed by atoms with Crippen LogP contribution < -0.4 is 0 Å². The molecule has 0 bridgehead atoms. The molecule has 1 atom stereocenters. The molecule has 2 rings (SSSR count). The van der Waals surface area contributed by atoms with Crippen molar-refractivity contribution in [3.05, 3.63) is 82.4 Å². The van der Waals surface area contributed by atoms with Gasteiger partial charge in [0.25, 0.3) is 0 Å². The molecule has 1 unspecified atom stereocenters. The van der Waals surface area contributed by atoms with Crippen LogP contribution in [0.3, 0.4) is 0 Å². The topological polar surface area (TPSA) is 37.3 Å². The second-order valence-electron chi connectivity index (χ2n) is 5.10. The zero-order valence-electron chi connectivity index (χ0n) is 12.5. The third-order valence-corrected chi connectivity index (χ3v) is 3.68. The highest BCUT2D eigenvalue weighted by Crippen LogP contribution is 2.26. The minimum absolute atomic E-state index is 0.142. The van der Waals surface area contributed by atoms with Crippen molar-refractivity contribution in [1.29, 1.82) is 0 Å². The molecule has 0 saturated carbocycles. The van der Waals surface area contributed by atoms with Crippen LogP contribution in [0.5, 0.6) is 0 Å². The molecule has 0 heterocycles. The van der Waals surface area contributed by atoms with Crippen LogP contribution in [0.2, 0.25) is 5.02 Å². The summed E-state index contributed by atoms with van der Waals surface area (Å²) in [6.07, 6.45) is 2.54. The number of hydrogen-bond acceptors (Lipinski definition) is 2. The molecule has 0 aliphatic heterocycles. The van der Waals surface area contributed by atoms with E-state index in [1.165, 1.54) is 0 Å². The van der Waals surface area contributed by atoms with Gasteiger partial charge in [0.05, 0.1) is 0 Å². The second kappa shape index (κ2) is 7.92. The van der Waals surface area contributed by atoms with Crippen LogP contribution in [-0.4, -0.2) is 10.9 Å². The van der Waals surface area contributed by atoms with Gasteiger partial charge >= 0.3 is 0 Å². The van der Waals surface area contributed by atoms with Crippen molar-refractivity contribution in [3.8, 4) is 0 Å². The second-order valence-corrected chi connectivity index (χ2v) is 5.53. The summed E-state index contributed by atoms with van der Waals surface area (Å²) in [6, 6.07) is 15.9. The number of carbonyl (C=O) groups excluding carboxylic acids is 1. The van der Waals surface area contributed by atoms with Crippen molar-refractivity contribution < 1.29 is 9.90 Å². The van der Waals surface area contributed by atoms with E-state index in [1.54, 1.807) is 36.4 Å². The Kier molecular flexibility index (Phi) is 5.93. The largest absolute Gasteiger partial charge is 0.384 e.